The van der Waals surface area contributed by atoms with Gasteiger partial charge in [-0.25, -0.2) is 4.79 Å². The minimum absolute atomic E-state index is 0.0650. The van der Waals surface area contributed by atoms with Crippen LogP contribution >= 0.6 is 0 Å². The van der Waals surface area contributed by atoms with E-state index < -0.39 is 17.9 Å². The number of likely N-dealkylation sites (tertiary alicyclic amines) is 1. The zero-order valence-corrected chi connectivity index (χ0v) is 47.3. The van der Waals surface area contributed by atoms with Gasteiger partial charge >= 0.3 is 5.97 Å². The minimum atomic E-state index is -0.755. The highest BCUT2D eigenvalue weighted by Crippen LogP contribution is 2.41. The fourth-order valence-corrected chi connectivity index (χ4v) is 10.7. The molecule has 9 rings (SSSR count). The van der Waals surface area contributed by atoms with Gasteiger partial charge in [0.05, 0.1) is 73.6 Å². The number of esters is 1. The van der Waals surface area contributed by atoms with Crippen LogP contribution in [0.5, 0.6) is 17.2 Å². The average molecular weight is 1120 g/mol. The lowest BCUT2D eigenvalue weighted by atomic mass is 9.92. The molecule has 4 aromatic rings. The number of Topliss-reactive ketones (excluding diaryl/α,β-unsaturated/α-hetero) is 1. The van der Waals surface area contributed by atoms with Crippen molar-refractivity contribution in [3.05, 3.63) is 119 Å². The Bertz CT molecular complexity index is 3310. The number of aryl methyl sites for hydroxylation is 1. The number of amides is 6. The number of unbranched alkanes of at least 4 members (excludes halogenated alkanes) is 2. The van der Waals surface area contributed by atoms with Gasteiger partial charge in [-0.1, -0.05) is 58.4 Å². The number of rotatable bonds is 23. The number of nitrogens with zero attached hydrogens (tertiary/aromatic N) is 5. The van der Waals surface area contributed by atoms with Crippen molar-refractivity contribution < 1.29 is 57.3 Å². The van der Waals surface area contributed by atoms with Crippen molar-refractivity contribution in [3.63, 3.8) is 0 Å². The van der Waals surface area contributed by atoms with Crippen molar-refractivity contribution in [3.8, 4) is 17.2 Å². The lowest BCUT2D eigenvalue weighted by Gasteiger charge is -2.23. The number of ketones is 1. The van der Waals surface area contributed by atoms with Crippen molar-refractivity contribution >= 4 is 87.8 Å². The molecule has 19 heteroatoms. The third-order valence-electron chi connectivity index (χ3n) is 15.5. The summed E-state index contributed by atoms with van der Waals surface area (Å²) in [4.78, 5) is 118. The number of fused-ring (bicyclic) bond motifs is 4. The maximum Gasteiger partial charge on any atom is 0.337 e. The summed E-state index contributed by atoms with van der Waals surface area (Å²) in [5.74, 6) is -1.71. The summed E-state index contributed by atoms with van der Waals surface area (Å²) in [6, 6.07) is 20.0. The van der Waals surface area contributed by atoms with E-state index in [-0.39, 0.29) is 91.0 Å². The van der Waals surface area contributed by atoms with E-state index in [1.807, 2.05) is 57.4 Å². The number of hydrogen-bond acceptors (Lipinski definition) is 14. The minimum Gasteiger partial charge on any atom is -0.493 e. The van der Waals surface area contributed by atoms with Gasteiger partial charge in [-0.15, -0.1) is 0 Å². The largest absolute Gasteiger partial charge is 0.493 e. The van der Waals surface area contributed by atoms with E-state index >= 15 is 0 Å². The molecule has 82 heavy (non-hydrogen) atoms. The van der Waals surface area contributed by atoms with E-state index in [1.165, 1.54) is 19.1 Å². The van der Waals surface area contributed by atoms with Gasteiger partial charge in [0.15, 0.2) is 17.3 Å². The predicted molar refractivity (Wildman–Crippen MR) is 309 cm³/mol. The fourth-order valence-electron chi connectivity index (χ4n) is 10.7. The second-order valence-electron chi connectivity index (χ2n) is 21.8. The van der Waals surface area contributed by atoms with Crippen LogP contribution in [-0.4, -0.2) is 126 Å². The van der Waals surface area contributed by atoms with Crippen molar-refractivity contribution in [1.29, 1.82) is 0 Å². The van der Waals surface area contributed by atoms with Gasteiger partial charge in [0.25, 0.3) is 11.8 Å². The summed E-state index contributed by atoms with van der Waals surface area (Å²) in [6.07, 6.45) is 11.0. The fraction of sp³-hybridized carbons (Fsp3) is 0.397. The number of methoxy groups -OCH3 is 2. The van der Waals surface area contributed by atoms with Crippen LogP contribution in [-0.2, 0) is 28.7 Å². The molecule has 1 saturated heterocycles. The number of anilines is 1. The molecule has 428 valence electrons. The first kappa shape index (κ1) is 57.9. The SMILES string of the molecule is COC(=O)c1ccc(C2=CN3C(=O)c4cc(C)c(OCCCOc5cc6c(cc5OC)C(=O)N5C=C(c7ccc(NC(=O)[C@H](C)CC(=O)[C@@H](NC(=O)CCCCCN8C(=O)CC(C)C8=O)C(C)C)cc7)C[C@H]5C=N6)cc4N=C[C@@H]3C2)cc1. The third kappa shape index (κ3) is 12.9. The summed E-state index contributed by atoms with van der Waals surface area (Å²) in [5.41, 5.74) is 7.21. The average Bonchev–Trinajstić information content (AvgIpc) is 4.22. The molecule has 5 aliphatic heterocycles. The topological polar surface area (TPSA) is 232 Å². The molecule has 2 N–H and O–H groups in total. The Hall–Kier alpha value is -8.74. The van der Waals surface area contributed by atoms with Crippen LogP contribution in [0.4, 0.5) is 17.1 Å². The zero-order valence-electron chi connectivity index (χ0n) is 47.3. The number of carbonyl (C=O) groups excluding carboxylic acids is 8. The Morgan fingerprint density at radius 1 is 0.695 bits per heavy atom. The second-order valence-corrected chi connectivity index (χ2v) is 21.8. The van der Waals surface area contributed by atoms with E-state index in [4.69, 9.17) is 28.9 Å². The normalized spacial score (nSPS) is 18.6. The first-order valence-corrected chi connectivity index (χ1v) is 27.9. The predicted octanol–water partition coefficient (Wildman–Crippen LogP) is 9.21. The number of aliphatic imine (C=N–C) groups is 2. The maximum atomic E-state index is 14.1. The molecule has 1 fully saturated rings. The van der Waals surface area contributed by atoms with Crippen molar-refractivity contribution in [2.75, 3.05) is 39.3 Å². The molecule has 0 saturated carbocycles. The smallest absolute Gasteiger partial charge is 0.337 e. The Labute approximate surface area is 476 Å². The van der Waals surface area contributed by atoms with Crippen molar-refractivity contribution in [2.24, 2.45) is 27.7 Å². The zero-order chi connectivity index (χ0) is 58.4. The van der Waals surface area contributed by atoms with Crippen LogP contribution < -0.4 is 24.8 Å². The molecule has 0 radical (unpaired) electrons. The van der Waals surface area contributed by atoms with Crippen LogP contribution in [0, 0.1) is 24.7 Å². The molecule has 19 nitrogen and oxygen atoms in total. The Balaban J connectivity index is 0.729. The molecule has 5 aliphatic rings. The van der Waals surface area contributed by atoms with Crippen molar-refractivity contribution in [2.45, 2.75) is 111 Å². The molecule has 5 heterocycles. The van der Waals surface area contributed by atoms with Gasteiger partial charge < -0.3 is 39.4 Å². The highest BCUT2D eigenvalue weighted by atomic mass is 16.5. The maximum absolute atomic E-state index is 14.1. The number of hydrogen-bond donors (Lipinski definition) is 2. The number of benzene rings is 4. The number of ether oxygens (including phenoxy) is 4. The van der Waals surface area contributed by atoms with E-state index in [2.05, 4.69) is 10.6 Å². The highest BCUT2D eigenvalue weighted by Gasteiger charge is 2.37. The van der Waals surface area contributed by atoms with E-state index in [1.54, 1.807) is 84.6 Å². The summed E-state index contributed by atoms with van der Waals surface area (Å²) in [5, 5.41) is 5.76. The van der Waals surface area contributed by atoms with Crippen LogP contribution in [0.1, 0.15) is 133 Å². The molecule has 5 atom stereocenters. The molecular formula is C63H69N7O12. The summed E-state index contributed by atoms with van der Waals surface area (Å²) in [7, 11) is 2.85. The summed E-state index contributed by atoms with van der Waals surface area (Å²) < 4.78 is 22.9. The highest BCUT2D eigenvalue weighted by molar-refractivity contribution is 6.07. The Kier molecular flexibility index (Phi) is 17.9. The van der Waals surface area contributed by atoms with Gasteiger partial charge in [-0.05, 0) is 89.9 Å². The van der Waals surface area contributed by atoms with Crippen LogP contribution in [0.25, 0.3) is 11.1 Å². The summed E-state index contributed by atoms with van der Waals surface area (Å²) in [6.45, 7) is 9.92. The van der Waals surface area contributed by atoms with E-state index in [0.717, 1.165) is 27.8 Å². The van der Waals surface area contributed by atoms with Crippen molar-refractivity contribution in [1.82, 2.24) is 20.0 Å². The molecule has 0 spiro atoms. The monoisotopic (exact) mass is 1120 g/mol. The molecule has 0 bridgehead atoms. The van der Waals surface area contributed by atoms with E-state index in [9.17, 15) is 38.4 Å². The molecule has 6 amide bonds. The van der Waals surface area contributed by atoms with Crippen LogP contribution in [0.3, 0.4) is 0 Å². The second kappa shape index (κ2) is 25.4. The van der Waals surface area contributed by atoms with Gasteiger partial charge in [-0.2, -0.15) is 0 Å². The summed E-state index contributed by atoms with van der Waals surface area (Å²) >= 11 is 0. The van der Waals surface area contributed by atoms with Gasteiger partial charge in [0.1, 0.15) is 5.75 Å². The standard InChI is InChI=1S/C63H69N7O12/c1-36(2)58(67-56(72)12-9-8-10-21-68-57(73)26-39(5)60(68)75)52(71)25-38(4)59(74)66-45-19-17-41(18-20-45)44-28-47-33-65-51-31-55(54(79-6)29-49(51)62(77)70(47)35-44)82-23-11-22-81-53-30-50-48(24-37(53)3)61(76)69-34-43(27-46(69)32-64-50)40-13-15-42(16-14-40)63(78)80-7/h13-20,24,29-36,38-39,46-47,58H,8-12,21-23,25-28H2,1-7H3,(H,66,74)(H,67,72)/t38-,39?,46+,47+,58+/m1/s1. The molecule has 1 unspecified atom stereocenters. The lowest BCUT2D eigenvalue weighted by Crippen LogP contribution is -2.45. The van der Waals surface area contributed by atoms with Gasteiger partial charge in [-0.3, -0.25) is 48.4 Å². The number of nitrogens with one attached hydrogen (secondary N) is 2. The first-order chi connectivity index (χ1) is 39.4. The quantitative estimate of drug-likeness (QED) is 0.0402. The number of carbonyl (C=O) groups is 8. The molecule has 4 aromatic carbocycles. The van der Waals surface area contributed by atoms with Gasteiger partial charge in [0, 0.05) is 99.6 Å². The first-order valence-electron chi connectivity index (χ1n) is 27.9. The third-order valence-corrected chi connectivity index (χ3v) is 15.5. The number of imide groups is 1. The molecular weight excluding hydrogens is 1050 g/mol. The lowest BCUT2D eigenvalue weighted by molar-refractivity contribution is -0.139. The van der Waals surface area contributed by atoms with E-state index in [0.29, 0.717) is 103 Å². The molecule has 0 aromatic heterocycles. The molecule has 0 aliphatic carbocycles. The van der Waals surface area contributed by atoms with Gasteiger partial charge in [0.2, 0.25) is 23.6 Å². The Morgan fingerprint density at radius 3 is 1.85 bits per heavy atom. The van der Waals surface area contributed by atoms with Crippen LogP contribution in [0.15, 0.2) is 95.2 Å². The van der Waals surface area contributed by atoms with Crippen LogP contribution in [0.2, 0.25) is 0 Å². The Morgan fingerprint density at radius 2 is 1.28 bits per heavy atom.